The van der Waals surface area contributed by atoms with E-state index < -0.39 is 0 Å². The van der Waals surface area contributed by atoms with Crippen molar-refractivity contribution in [3.8, 4) is 0 Å². The highest BCUT2D eigenvalue weighted by Crippen LogP contribution is 2.71. The molecule has 0 radical (unpaired) electrons. The molecule has 0 spiro atoms. The Morgan fingerprint density at radius 3 is 2.42 bits per heavy atom. The monoisotopic (exact) mass is 452 g/mol. The lowest BCUT2D eigenvalue weighted by molar-refractivity contribution is -0.138. The van der Waals surface area contributed by atoms with Crippen molar-refractivity contribution in [1.82, 2.24) is 0 Å². The van der Waals surface area contributed by atoms with Gasteiger partial charge >= 0.3 is 0 Å². The summed E-state index contributed by atoms with van der Waals surface area (Å²) in [5, 5.41) is 11.7. The highest BCUT2D eigenvalue weighted by Gasteiger charge is 2.66. The van der Waals surface area contributed by atoms with Gasteiger partial charge < -0.3 is 5.11 Å². The summed E-state index contributed by atoms with van der Waals surface area (Å²) >= 11 is 0. The number of aliphatic hydroxyl groups is 1. The normalized spacial score (nSPS) is 42.7. The molecule has 0 bridgehead atoms. The third kappa shape index (κ3) is 3.33. The van der Waals surface area contributed by atoms with Gasteiger partial charge in [0.15, 0.2) is 0 Å². The third-order valence-corrected chi connectivity index (χ3v) is 11.6. The van der Waals surface area contributed by atoms with E-state index >= 15 is 0 Å². The smallest absolute Gasteiger partial charge is 0.138 e. The topological polar surface area (TPSA) is 37.3 Å². The summed E-state index contributed by atoms with van der Waals surface area (Å²) in [7, 11) is 0. The molecule has 184 valence electrons. The molecule has 0 aromatic heterocycles. The van der Waals surface area contributed by atoms with Crippen molar-refractivity contribution in [3.63, 3.8) is 0 Å². The number of Topliss-reactive ketones (excluding diaryl/α,β-unsaturated/α-hetero) is 1. The molecule has 2 saturated carbocycles. The SMILES string of the molecule is C=C(CC[C@@H](C)[C@H]1C[C@H](O)[C@@]2(C)C3=CC[C@H]4C(C)(C)C(=O)CC[C@]4(C)C3=CC[C@]12C)C(C)C. The number of allylic oxidation sites excluding steroid dienone is 4. The van der Waals surface area contributed by atoms with Gasteiger partial charge in [-0.2, -0.15) is 0 Å². The molecule has 0 aromatic rings. The molecule has 0 aromatic carbocycles. The molecule has 33 heavy (non-hydrogen) atoms. The minimum Gasteiger partial charge on any atom is -0.392 e. The number of rotatable bonds is 5. The van der Waals surface area contributed by atoms with Crippen LogP contribution in [0, 0.1) is 45.3 Å². The number of hydrogen-bond donors (Lipinski definition) is 1. The number of aliphatic hydroxyl groups excluding tert-OH is 1. The van der Waals surface area contributed by atoms with Gasteiger partial charge in [0.2, 0.25) is 0 Å². The predicted octanol–water partition coefficient (Wildman–Crippen LogP) is 7.68. The average Bonchev–Trinajstić information content (AvgIpc) is 2.96. The Labute approximate surface area is 203 Å². The lowest BCUT2D eigenvalue weighted by Gasteiger charge is -2.60. The van der Waals surface area contributed by atoms with Crippen LogP contribution in [0.4, 0.5) is 0 Å². The van der Waals surface area contributed by atoms with Crippen molar-refractivity contribution in [2.24, 2.45) is 45.3 Å². The summed E-state index contributed by atoms with van der Waals surface area (Å²) in [5.41, 5.74) is 3.82. The van der Waals surface area contributed by atoms with E-state index in [1.165, 1.54) is 16.7 Å². The standard InChI is InChI=1S/C31H48O2/c1-19(2)20(3)10-11-21(4)24-18-27(33)31(9)23-12-13-25-28(5,6)26(32)15-16-29(25,7)22(23)14-17-30(24,31)8/h12,14,19,21,24-25,27,33H,3,10-11,13,15-18H2,1-2,4-9H3/t21-,24-,25+,27+,29-,30-,31-/m1/s1. The molecule has 1 N–H and O–H groups in total. The van der Waals surface area contributed by atoms with E-state index in [1.54, 1.807) is 0 Å². The third-order valence-electron chi connectivity index (χ3n) is 11.6. The van der Waals surface area contributed by atoms with Gasteiger partial charge in [-0.05, 0) is 84.2 Å². The quantitative estimate of drug-likeness (QED) is 0.434. The van der Waals surface area contributed by atoms with Gasteiger partial charge in [0, 0.05) is 17.3 Å². The molecular weight excluding hydrogens is 404 g/mol. The first-order valence-corrected chi connectivity index (χ1v) is 13.5. The fraction of sp³-hybridized carbons (Fsp3) is 0.774. The van der Waals surface area contributed by atoms with Crippen molar-refractivity contribution in [2.45, 2.75) is 106 Å². The minimum absolute atomic E-state index is 0.0320. The van der Waals surface area contributed by atoms with E-state index in [4.69, 9.17) is 0 Å². The number of ketones is 1. The first kappa shape index (κ1) is 25.0. The summed E-state index contributed by atoms with van der Waals surface area (Å²) in [6.45, 7) is 22.7. The van der Waals surface area contributed by atoms with Crippen LogP contribution in [-0.2, 0) is 4.79 Å². The predicted molar refractivity (Wildman–Crippen MR) is 138 cm³/mol. The fourth-order valence-electron chi connectivity index (χ4n) is 8.66. The highest BCUT2D eigenvalue weighted by molar-refractivity contribution is 5.86. The van der Waals surface area contributed by atoms with Crippen LogP contribution in [0.2, 0.25) is 0 Å². The van der Waals surface area contributed by atoms with Crippen molar-refractivity contribution >= 4 is 5.78 Å². The van der Waals surface area contributed by atoms with Gasteiger partial charge in [-0.15, -0.1) is 0 Å². The maximum absolute atomic E-state index is 12.8. The van der Waals surface area contributed by atoms with Crippen LogP contribution in [0.3, 0.4) is 0 Å². The molecule has 4 aliphatic carbocycles. The van der Waals surface area contributed by atoms with Crippen LogP contribution in [0.5, 0.6) is 0 Å². The Balaban J connectivity index is 1.69. The van der Waals surface area contributed by atoms with Crippen molar-refractivity contribution < 1.29 is 9.90 Å². The zero-order chi connectivity index (χ0) is 24.6. The van der Waals surface area contributed by atoms with Gasteiger partial charge in [0.25, 0.3) is 0 Å². The number of carbonyl (C=O) groups excluding carboxylic acids is 1. The second kappa shape index (κ2) is 7.94. The number of carbonyl (C=O) groups is 1. The van der Waals surface area contributed by atoms with Crippen molar-refractivity contribution in [3.05, 3.63) is 35.5 Å². The van der Waals surface area contributed by atoms with E-state index in [0.29, 0.717) is 35.9 Å². The molecule has 4 aliphatic rings. The Morgan fingerprint density at radius 1 is 1.12 bits per heavy atom. The van der Waals surface area contributed by atoms with Crippen LogP contribution < -0.4 is 0 Å². The molecule has 0 saturated heterocycles. The molecular formula is C31H48O2. The number of hydrogen-bond acceptors (Lipinski definition) is 2. The van der Waals surface area contributed by atoms with Gasteiger partial charge in [-0.3, -0.25) is 4.79 Å². The first-order chi connectivity index (χ1) is 15.2. The summed E-state index contributed by atoms with van der Waals surface area (Å²) in [6.07, 6.45) is 11.4. The van der Waals surface area contributed by atoms with Crippen molar-refractivity contribution in [2.75, 3.05) is 0 Å². The van der Waals surface area contributed by atoms with E-state index in [0.717, 1.165) is 38.5 Å². The Bertz CT molecular complexity index is 904. The molecule has 7 atom stereocenters. The molecule has 0 amide bonds. The summed E-state index contributed by atoms with van der Waals surface area (Å²) in [4.78, 5) is 12.8. The van der Waals surface area contributed by atoms with E-state index in [2.05, 4.69) is 74.1 Å². The average molecular weight is 453 g/mol. The molecule has 0 aliphatic heterocycles. The van der Waals surface area contributed by atoms with E-state index in [9.17, 15) is 9.90 Å². The fourth-order valence-corrected chi connectivity index (χ4v) is 8.66. The minimum atomic E-state index is -0.309. The molecule has 0 unspecified atom stereocenters. The van der Waals surface area contributed by atoms with E-state index in [-0.39, 0.29) is 27.8 Å². The van der Waals surface area contributed by atoms with Crippen LogP contribution in [0.25, 0.3) is 0 Å². The van der Waals surface area contributed by atoms with Crippen LogP contribution in [-0.4, -0.2) is 17.0 Å². The van der Waals surface area contributed by atoms with E-state index in [1.807, 2.05) is 0 Å². The Morgan fingerprint density at radius 2 is 1.79 bits per heavy atom. The largest absolute Gasteiger partial charge is 0.392 e. The Hall–Kier alpha value is -1.15. The van der Waals surface area contributed by atoms with Gasteiger partial charge in [-0.1, -0.05) is 79.7 Å². The van der Waals surface area contributed by atoms with Crippen LogP contribution >= 0.6 is 0 Å². The van der Waals surface area contributed by atoms with Gasteiger partial charge in [0.05, 0.1) is 6.10 Å². The molecule has 2 heteroatoms. The summed E-state index contributed by atoms with van der Waals surface area (Å²) in [5.74, 6) is 2.39. The summed E-state index contributed by atoms with van der Waals surface area (Å²) in [6, 6.07) is 0. The lowest BCUT2D eigenvalue weighted by Crippen LogP contribution is -2.54. The van der Waals surface area contributed by atoms with Crippen LogP contribution in [0.1, 0.15) is 100 Å². The maximum atomic E-state index is 12.8. The van der Waals surface area contributed by atoms with Gasteiger partial charge in [0.1, 0.15) is 5.78 Å². The van der Waals surface area contributed by atoms with Gasteiger partial charge in [-0.25, -0.2) is 0 Å². The lowest BCUT2D eigenvalue weighted by atomic mass is 9.44. The number of fused-ring (bicyclic) bond motifs is 5. The molecule has 2 nitrogen and oxygen atoms in total. The Kier molecular flexibility index (Phi) is 6.00. The van der Waals surface area contributed by atoms with Crippen LogP contribution in [0.15, 0.2) is 35.5 Å². The molecule has 2 fully saturated rings. The molecule has 0 heterocycles. The maximum Gasteiger partial charge on any atom is 0.138 e. The van der Waals surface area contributed by atoms with Crippen molar-refractivity contribution in [1.29, 1.82) is 0 Å². The zero-order valence-electron chi connectivity index (χ0n) is 22.6. The second-order valence-electron chi connectivity index (χ2n) is 13.6. The first-order valence-electron chi connectivity index (χ1n) is 13.5. The zero-order valence-corrected chi connectivity index (χ0v) is 22.6. The second-order valence-corrected chi connectivity index (χ2v) is 13.6. The molecule has 4 rings (SSSR count). The summed E-state index contributed by atoms with van der Waals surface area (Å²) < 4.78 is 0. The highest BCUT2D eigenvalue weighted by atomic mass is 16.3.